The van der Waals surface area contributed by atoms with Crippen molar-refractivity contribution in [1.82, 2.24) is 19.8 Å². The molecular weight excluding hydrogens is 296 g/mol. The van der Waals surface area contributed by atoms with Gasteiger partial charge in [0.2, 0.25) is 11.8 Å². The third-order valence-corrected chi connectivity index (χ3v) is 4.33. The van der Waals surface area contributed by atoms with Crippen LogP contribution in [0.2, 0.25) is 0 Å². The number of carbonyl (C=O) groups excluding carboxylic acids is 2. The average Bonchev–Trinajstić information content (AvgIpc) is 3.13. The van der Waals surface area contributed by atoms with E-state index in [-0.39, 0.29) is 36.3 Å². The monoisotopic (exact) mass is 322 g/mol. The van der Waals surface area contributed by atoms with E-state index >= 15 is 0 Å². The maximum absolute atomic E-state index is 12.6. The van der Waals surface area contributed by atoms with Gasteiger partial charge in [0, 0.05) is 57.9 Å². The summed E-state index contributed by atoms with van der Waals surface area (Å²) < 4.78 is 7.34. The van der Waals surface area contributed by atoms with Gasteiger partial charge in [-0.25, -0.2) is 4.98 Å². The van der Waals surface area contributed by atoms with Gasteiger partial charge in [-0.3, -0.25) is 9.59 Å². The lowest BCUT2D eigenvalue weighted by Gasteiger charge is -2.18. The summed E-state index contributed by atoms with van der Waals surface area (Å²) in [6, 6.07) is 0. The van der Waals surface area contributed by atoms with Crippen LogP contribution in [0.5, 0.6) is 0 Å². The van der Waals surface area contributed by atoms with Crippen LogP contribution in [0.3, 0.4) is 0 Å². The second kappa shape index (κ2) is 7.59. The van der Waals surface area contributed by atoms with Gasteiger partial charge in [-0.15, -0.1) is 0 Å². The van der Waals surface area contributed by atoms with Crippen LogP contribution in [-0.4, -0.2) is 59.6 Å². The first kappa shape index (κ1) is 17.5. The van der Waals surface area contributed by atoms with E-state index < -0.39 is 0 Å². The van der Waals surface area contributed by atoms with Crippen LogP contribution in [0, 0.1) is 5.92 Å². The number of methoxy groups -OCH3 is 1. The van der Waals surface area contributed by atoms with Gasteiger partial charge in [0.15, 0.2) is 0 Å². The summed E-state index contributed by atoms with van der Waals surface area (Å²) in [6.45, 7) is 5.47. The molecule has 23 heavy (non-hydrogen) atoms. The largest absolute Gasteiger partial charge is 0.379 e. The zero-order valence-electron chi connectivity index (χ0n) is 14.3. The second-order valence-corrected chi connectivity index (χ2v) is 6.28. The maximum atomic E-state index is 12.6. The lowest BCUT2D eigenvalue weighted by Crippen LogP contribution is -2.33. The van der Waals surface area contributed by atoms with Crippen molar-refractivity contribution in [2.75, 3.05) is 27.2 Å². The van der Waals surface area contributed by atoms with Crippen LogP contribution in [0.25, 0.3) is 0 Å². The van der Waals surface area contributed by atoms with Gasteiger partial charge in [-0.2, -0.15) is 0 Å². The normalized spacial score (nSPS) is 21.0. The standard InChI is InChI=1S/C16H26N4O3/c1-11(2)16-18-5-6-19(16)10-15(22)20-8-12(7-14(21)17-3)13(9-20)23-4/h5-6,11-13H,7-10H2,1-4H3,(H,17,21)/t12-,13+/m1/s1. The second-order valence-electron chi connectivity index (χ2n) is 6.28. The zero-order valence-corrected chi connectivity index (χ0v) is 14.3. The summed E-state index contributed by atoms with van der Waals surface area (Å²) >= 11 is 0. The number of imidazole rings is 1. The molecule has 0 aromatic carbocycles. The smallest absolute Gasteiger partial charge is 0.242 e. The highest BCUT2D eigenvalue weighted by molar-refractivity contribution is 5.78. The van der Waals surface area contributed by atoms with Crippen molar-refractivity contribution in [1.29, 1.82) is 0 Å². The van der Waals surface area contributed by atoms with Crippen molar-refractivity contribution in [2.45, 2.75) is 38.8 Å². The summed E-state index contributed by atoms with van der Waals surface area (Å²) in [4.78, 5) is 30.3. The highest BCUT2D eigenvalue weighted by Gasteiger charge is 2.36. The molecule has 0 saturated carbocycles. The van der Waals surface area contributed by atoms with Crippen molar-refractivity contribution < 1.29 is 14.3 Å². The lowest BCUT2D eigenvalue weighted by molar-refractivity contribution is -0.131. The Morgan fingerprint density at radius 2 is 2.17 bits per heavy atom. The number of nitrogens with zero attached hydrogens (tertiary/aromatic N) is 3. The van der Waals surface area contributed by atoms with E-state index in [1.807, 2.05) is 10.8 Å². The molecule has 0 spiro atoms. The topological polar surface area (TPSA) is 76.5 Å². The molecule has 7 nitrogen and oxygen atoms in total. The van der Waals surface area contributed by atoms with Crippen LogP contribution >= 0.6 is 0 Å². The number of rotatable bonds is 6. The average molecular weight is 322 g/mol. The van der Waals surface area contributed by atoms with E-state index in [1.165, 1.54) is 0 Å². The van der Waals surface area contributed by atoms with Crippen molar-refractivity contribution in [3.05, 3.63) is 18.2 Å². The van der Waals surface area contributed by atoms with E-state index in [9.17, 15) is 9.59 Å². The Bertz CT molecular complexity index is 555. The molecule has 2 heterocycles. The van der Waals surface area contributed by atoms with Crippen LogP contribution in [-0.2, 0) is 20.9 Å². The molecular formula is C16H26N4O3. The van der Waals surface area contributed by atoms with Crippen LogP contribution in [0.4, 0.5) is 0 Å². The van der Waals surface area contributed by atoms with E-state index in [0.29, 0.717) is 19.5 Å². The number of aromatic nitrogens is 2. The third kappa shape index (κ3) is 4.10. The molecule has 0 unspecified atom stereocenters. The molecule has 7 heteroatoms. The minimum Gasteiger partial charge on any atom is -0.379 e. The quantitative estimate of drug-likeness (QED) is 0.833. The highest BCUT2D eigenvalue weighted by Crippen LogP contribution is 2.23. The molecule has 0 bridgehead atoms. The molecule has 1 aromatic heterocycles. The van der Waals surface area contributed by atoms with Crippen LogP contribution in [0.1, 0.15) is 32.0 Å². The number of likely N-dealkylation sites (tertiary alicyclic amines) is 1. The fraction of sp³-hybridized carbons (Fsp3) is 0.688. The van der Waals surface area contributed by atoms with Crippen LogP contribution in [0.15, 0.2) is 12.4 Å². The van der Waals surface area contributed by atoms with E-state index in [0.717, 1.165) is 5.82 Å². The molecule has 1 aliphatic rings. The van der Waals surface area contributed by atoms with Gasteiger partial charge < -0.3 is 19.5 Å². The Kier molecular flexibility index (Phi) is 5.76. The minimum atomic E-state index is -0.0939. The maximum Gasteiger partial charge on any atom is 0.242 e. The first-order chi connectivity index (χ1) is 11.0. The van der Waals surface area contributed by atoms with E-state index in [1.54, 1.807) is 25.3 Å². The van der Waals surface area contributed by atoms with E-state index in [4.69, 9.17) is 4.74 Å². The zero-order chi connectivity index (χ0) is 17.0. The molecule has 0 aliphatic carbocycles. The van der Waals surface area contributed by atoms with Gasteiger partial charge in [-0.1, -0.05) is 13.8 Å². The molecule has 1 aromatic rings. The van der Waals surface area contributed by atoms with Gasteiger partial charge in [-0.05, 0) is 0 Å². The Labute approximate surface area is 137 Å². The first-order valence-corrected chi connectivity index (χ1v) is 7.98. The molecule has 1 N–H and O–H groups in total. The number of hydrogen-bond acceptors (Lipinski definition) is 4. The first-order valence-electron chi connectivity index (χ1n) is 7.98. The number of hydrogen-bond donors (Lipinski definition) is 1. The highest BCUT2D eigenvalue weighted by atomic mass is 16.5. The lowest BCUT2D eigenvalue weighted by atomic mass is 10.0. The summed E-state index contributed by atoms with van der Waals surface area (Å²) in [6.07, 6.45) is 3.84. The summed E-state index contributed by atoms with van der Waals surface area (Å²) in [5.74, 6) is 1.22. The van der Waals surface area contributed by atoms with Crippen molar-refractivity contribution in [2.24, 2.45) is 5.92 Å². The van der Waals surface area contributed by atoms with Crippen molar-refractivity contribution in [3.8, 4) is 0 Å². The Hall–Kier alpha value is -1.89. The van der Waals surface area contributed by atoms with Crippen LogP contribution < -0.4 is 5.32 Å². The Balaban J connectivity index is 2.00. The molecule has 128 valence electrons. The number of carbonyl (C=O) groups is 2. The minimum absolute atomic E-state index is 0.0250. The predicted molar refractivity (Wildman–Crippen MR) is 85.9 cm³/mol. The molecule has 2 atom stereocenters. The summed E-state index contributed by atoms with van der Waals surface area (Å²) in [7, 11) is 3.25. The van der Waals surface area contributed by atoms with Gasteiger partial charge in [0.05, 0.1) is 6.10 Å². The summed E-state index contributed by atoms with van der Waals surface area (Å²) in [5, 5.41) is 2.63. The fourth-order valence-corrected chi connectivity index (χ4v) is 3.05. The molecule has 1 fully saturated rings. The number of ether oxygens (including phenoxy) is 1. The molecule has 1 aliphatic heterocycles. The Morgan fingerprint density at radius 1 is 1.43 bits per heavy atom. The number of amides is 2. The van der Waals surface area contributed by atoms with Gasteiger partial charge in [0.25, 0.3) is 0 Å². The van der Waals surface area contributed by atoms with E-state index in [2.05, 4.69) is 24.1 Å². The van der Waals surface area contributed by atoms with Crippen molar-refractivity contribution >= 4 is 11.8 Å². The molecule has 2 rings (SSSR count). The fourth-order valence-electron chi connectivity index (χ4n) is 3.05. The number of nitrogens with one attached hydrogen (secondary N) is 1. The Morgan fingerprint density at radius 3 is 2.78 bits per heavy atom. The SMILES string of the molecule is CNC(=O)C[C@@H]1CN(C(=O)Cn2ccnc2C(C)C)C[C@@H]1OC. The molecule has 1 saturated heterocycles. The summed E-state index contributed by atoms with van der Waals surface area (Å²) in [5.41, 5.74) is 0. The predicted octanol–water partition coefficient (Wildman–Crippen LogP) is 0.616. The third-order valence-electron chi connectivity index (χ3n) is 4.33. The van der Waals surface area contributed by atoms with Gasteiger partial charge >= 0.3 is 0 Å². The van der Waals surface area contributed by atoms with Gasteiger partial charge in [0.1, 0.15) is 12.4 Å². The van der Waals surface area contributed by atoms with Crippen molar-refractivity contribution in [3.63, 3.8) is 0 Å². The molecule has 2 amide bonds. The molecule has 0 radical (unpaired) electrons.